The second-order valence-electron chi connectivity index (χ2n) is 5.01. The number of rotatable bonds is 6. The van der Waals surface area contributed by atoms with Crippen molar-refractivity contribution in [3.8, 4) is 17.0 Å². The molecule has 1 aromatic heterocycles. The lowest BCUT2D eigenvalue weighted by atomic mass is 10.1. The molecule has 0 saturated carbocycles. The number of benzene rings is 2. The third kappa shape index (κ3) is 3.86. The van der Waals surface area contributed by atoms with E-state index in [4.69, 9.17) is 10.5 Å². The molecular weight excluding hydrogens is 292 g/mol. The van der Waals surface area contributed by atoms with E-state index in [-0.39, 0.29) is 0 Å². The Kier molecular flexibility index (Phi) is 4.71. The summed E-state index contributed by atoms with van der Waals surface area (Å²) in [4.78, 5) is 4.68. The maximum absolute atomic E-state index is 5.71. The fourth-order valence-electron chi connectivity index (χ4n) is 2.14. The zero-order chi connectivity index (χ0) is 15.2. The van der Waals surface area contributed by atoms with E-state index in [1.54, 1.807) is 11.3 Å². The molecule has 112 valence electrons. The van der Waals surface area contributed by atoms with E-state index in [9.17, 15) is 0 Å². The number of ether oxygens (including phenoxy) is 1. The van der Waals surface area contributed by atoms with Crippen molar-refractivity contribution in [3.05, 3.63) is 65.0 Å². The predicted octanol–water partition coefficient (Wildman–Crippen LogP) is 4.40. The third-order valence-corrected chi connectivity index (χ3v) is 4.21. The molecule has 0 aliphatic rings. The zero-order valence-electron chi connectivity index (χ0n) is 12.2. The summed E-state index contributed by atoms with van der Waals surface area (Å²) in [5, 5.41) is 3.24. The van der Waals surface area contributed by atoms with Crippen LogP contribution in [0, 0.1) is 0 Å². The lowest BCUT2D eigenvalue weighted by Crippen LogP contribution is -1.99. The predicted molar refractivity (Wildman–Crippen MR) is 92.2 cm³/mol. The molecule has 2 N–H and O–H groups in total. The SMILES string of the molecule is Nc1ccc(-c2csc(CCCOc3ccccc3)n2)cc1. The smallest absolute Gasteiger partial charge is 0.119 e. The van der Waals surface area contributed by atoms with Crippen molar-refractivity contribution in [2.75, 3.05) is 12.3 Å². The number of nitrogens with two attached hydrogens (primary N) is 1. The average molecular weight is 310 g/mol. The van der Waals surface area contributed by atoms with Gasteiger partial charge in [-0.05, 0) is 30.7 Å². The number of aromatic nitrogens is 1. The Morgan fingerprint density at radius 3 is 2.55 bits per heavy atom. The van der Waals surface area contributed by atoms with Crippen LogP contribution in [0.3, 0.4) is 0 Å². The third-order valence-electron chi connectivity index (χ3n) is 3.31. The number of anilines is 1. The Bertz CT molecular complexity index is 707. The highest BCUT2D eigenvalue weighted by Gasteiger charge is 2.04. The molecule has 3 nitrogen and oxygen atoms in total. The van der Waals surface area contributed by atoms with Crippen LogP contribution >= 0.6 is 11.3 Å². The summed E-state index contributed by atoms with van der Waals surface area (Å²) in [6, 6.07) is 17.7. The van der Waals surface area contributed by atoms with Crippen LogP contribution in [0.2, 0.25) is 0 Å². The fraction of sp³-hybridized carbons (Fsp3) is 0.167. The Labute approximate surface area is 134 Å². The summed E-state index contributed by atoms with van der Waals surface area (Å²) in [7, 11) is 0. The first-order valence-corrected chi connectivity index (χ1v) is 8.17. The van der Waals surface area contributed by atoms with Crippen molar-refractivity contribution in [2.45, 2.75) is 12.8 Å². The van der Waals surface area contributed by atoms with Crippen molar-refractivity contribution in [2.24, 2.45) is 0 Å². The topological polar surface area (TPSA) is 48.1 Å². The highest BCUT2D eigenvalue weighted by molar-refractivity contribution is 7.09. The van der Waals surface area contributed by atoms with E-state index in [0.717, 1.165) is 40.5 Å². The number of nitrogens with zero attached hydrogens (tertiary/aromatic N) is 1. The van der Waals surface area contributed by atoms with Crippen LogP contribution in [-0.4, -0.2) is 11.6 Å². The molecule has 0 bridgehead atoms. The Hall–Kier alpha value is -2.33. The van der Waals surface area contributed by atoms with E-state index in [0.29, 0.717) is 6.61 Å². The maximum atomic E-state index is 5.71. The summed E-state index contributed by atoms with van der Waals surface area (Å²) >= 11 is 1.70. The minimum Gasteiger partial charge on any atom is -0.494 e. The largest absolute Gasteiger partial charge is 0.494 e. The first-order chi connectivity index (χ1) is 10.8. The van der Waals surface area contributed by atoms with Gasteiger partial charge in [0, 0.05) is 23.1 Å². The van der Waals surface area contributed by atoms with Gasteiger partial charge in [0.05, 0.1) is 17.3 Å². The summed E-state index contributed by atoms with van der Waals surface area (Å²) in [5.74, 6) is 0.921. The standard InChI is InChI=1S/C18H18N2OS/c19-15-10-8-14(9-11-15)17-13-22-18(20-17)7-4-12-21-16-5-2-1-3-6-16/h1-3,5-6,8-11,13H,4,7,12,19H2. The highest BCUT2D eigenvalue weighted by Crippen LogP contribution is 2.23. The van der Waals surface area contributed by atoms with Crippen molar-refractivity contribution >= 4 is 17.0 Å². The Balaban J connectivity index is 1.50. The van der Waals surface area contributed by atoms with Gasteiger partial charge in [-0.25, -0.2) is 4.98 Å². The van der Waals surface area contributed by atoms with Crippen LogP contribution in [-0.2, 0) is 6.42 Å². The van der Waals surface area contributed by atoms with Crippen LogP contribution in [0.1, 0.15) is 11.4 Å². The quantitative estimate of drug-likeness (QED) is 0.542. The van der Waals surface area contributed by atoms with Crippen molar-refractivity contribution in [1.29, 1.82) is 0 Å². The molecule has 0 atom stereocenters. The number of thiazole rings is 1. The zero-order valence-corrected chi connectivity index (χ0v) is 13.1. The molecule has 2 aromatic carbocycles. The number of aryl methyl sites for hydroxylation is 1. The first kappa shape index (κ1) is 14.6. The summed E-state index contributed by atoms with van der Waals surface area (Å²) in [6.45, 7) is 0.709. The van der Waals surface area contributed by atoms with Crippen LogP contribution in [0.15, 0.2) is 60.0 Å². The molecule has 4 heteroatoms. The molecule has 3 rings (SSSR count). The molecule has 0 fully saturated rings. The van der Waals surface area contributed by atoms with Crippen molar-refractivity contribution in [3.63, 3.8) is 0 Å². The van der Waals surface area contributed by atoms with E-state index >= 15 is 0 Å². The monoisotopic (exact) mass is 310 g/mol. The number of nitrogen functional groups attached to an aromatic ring is 1. The summed E-state index contributed by atoms with van der Waals surface area (Å²) < 4.78 is 5.70. The van der Waals surface area contributed by atoms with E-state index in [2.05, 4.69) is 10.4 Å². The molecule has 0 spiro atoms. The van der Waals surface area contributed by atoms with Gasteiger partial charge in [-0.15, -0.1) is 11.3 Å². The molecule has 3 aromatic rings. The van der Waals surface area contributed by atoms with Gasteiger partial charge >= 0.3 is 0 Å². The first-order valence-electron chi connectivity index (χ1n) is 7.29. The van der Waals surface area contributed by atoms with Gasteiger partial charge in [-0.3, -0.25) is 0 Å². The van der Waals surface area contributed by atoms with E-state index < -0.39 is 0 Å². The highest BCUT2D eigenvalue weighted by atomic mass is 32.1. The molecular formula is C18H18N2OS. The van der Waals surface area contributed by atoms with Crippen LogP contribution in [0.4, 0.5) is 5.69 Å². The fourth-order valence-corrected chi connectivity index (χ4v) is 2.99. The minimum atomic E-state index is 0.709. The van der Waals surface area contributed by atoms with Crippen LogP contribution < -0.4 is 10.5 Å². The molecule has 0 saturated heterocycles. The summed E-state index contributed by atoms with van der Waals surface area (Å²) in [5.41, 5.74) is 8.61. The Morgan fingerprint density at radius 1 is 1.00 bits per heavy atom. The second kappa shape index (κ2) is 7.09. The van der Waals surface area contributed by atoms with Gasteiger partial charge in [0.15, 0.2) is 0 Å². The lowest BCUT2D eigenvalue weighted by Gasteiger charge is -2.04. The van der Waals surface area contributed by atoms with Crippen molar-refractivity contribution < 1.29 is 4.74 Å². The second-order valence-corrected chi connectivity index (χ2v) is 5.96. The Morgan fingerprint density at radius 2 is 1.77 bits per heavy atom. The minimum absolute atomic E-state index is 0.709. The summed E-state index contributed by atoms with van der Waals surface area (Å²) in [6.07, 6.45) is 1.90. The average Bonchev–Trinajstić information content (AvgIpc) is 3.02. The van der Waals surface area contributed by atoms with Crippen LogP contribution in [0.5, 0.6) is 5.75 Å². The van der Waals surface area contributed by atoms with Gasteiger partial charge < -0.3 is 10.5 Å². The number of para-hydroxylation sites is 1. The van der Waals surface area contributed by atoms with Crippen molar-refractivity contribution in [1.82, 2.24) is 4.98 Å². The maximum Gasteiger partial charge on any atom is 0.119 e. The van der Waals surface area contributed by atoms with E-state index in [1.807, 2.05) is 54.6 Å². The lowest BCUT2D eigenvalue weighted by molar-refractivity contribution is 0.311. The molecule has 0 aliphatic carbocycles. The molecule has 0 radical (unpaired) electrons. The number of hydrogen-bond donors (Lipinski definition) is 1. The van der Waals surface area contributed by atoms with Gasteiger partial charge in [-0.1, -0.05) is 30.3 Å². The number of hydrogen-bond acceptors (Lipinski definition) is 4. The van der Waals surface area contributed by atoms with Crippen LogP contribution in [0.25, 0.3) is 11.3 Å². The van der Waals surface area contributed by atoms with Gasteiger partial charge in [0.1, 0.15) is 5.75 Å². The molecule has 22 heavy (non-hydrogen) atoms. The van der Waals surface area contributed by atoms with Gasteiger partial charge in [-0.2, -0.15) is 0 Å². The molecule has 0 aliphatic heterocycles. The molecule has 0 unspecified atom stereocenters. The molecule has 0 amide bonds. The normalized spacial score (nSPS) is 10.5. The van der Waals surface area contributed by atoms with Gasteiger partial charge in [0.25, 0.3) is 0 Å². The van der Waals surface area contributed by atoms with E-state index in [1.165, 1.54) is 0 Å². The molecule has 1 heterocycles. The van der Waals surface area contributed by atoms with Gasteiger partial charge in [0.2, 0.25) is 0 Å².